The van der Waals surface area contributed by atoms with Gasteiger partial charge in [0.15, 0.2) is 0 Å². The molecule has 0 radical (unpaired) electrons. The van der Waals surface area contributed by atoms with E-state index in [0.717, 1.165) is 6.54 Å². The van der Waals surface area contributed by atoms with Gasteiger partial charge in [-0.15, -0.1) is 0 Å². The van der Waals surface area contributed by atoms with Crippen molar-refractivity contribution < 1.29 is 9.53 Å². The van der Waals surface area contributed by atoms with Crippen LogP contribution >= 0.6 is 0 Å². The second-order valence-electron chi connectivity index (χ2n) is 5.25. The summed E-state index contributed by atoms with van der Waals surface area (Å²) in [7, 11) is 0. The summed E-state index contributed by atoms with van der Waals surface area (Å²) in [6.45, 7) is 3.46. The van der Waals surface area contributed by atoms with Crippen LogP contribution in [0.15, 0.2) is 24.3 Å². The van der Waals surface area contributed by atoms with Gasteiger partial charge >= 0.3 is 0 Å². The molecule has 0 spiro atoms. The smallest absolute Gasteiger partial charge is 0.243 e. The molecule has 1 aromatic rings. The fourth-order valence-corrected chi connectivity index (χ4v) is 2.49. The first-order valence-corrected chi connectivity index (χ1v) is 6.81. The molecule has 104 valence electrons. The number of ether oxygens (including phenoxy) is 1. The first-order valence-electron chi connectivity index (χ1n) is 6.81. The third kappa shape index (κ3) is 4.33. The van der Waals surface area contributed by atoms with Crippen molar-refractivity contribution in [1.82, 2.24) is 5.32 Å². The van der Waals surface area contributed by atoms with Crippen LogP contribution in [0.3, 0.4) is 0 Å². The standard InChI is InChI=1S/C15H22N2O2/c1-11-3-2-4-12(7-11)13-8-14(9-13)17-5-6-19-10-15(16)18/h2-4,7,13-14,17H,5-6,8-10H2,1H3,(H2,16,18). The van der Waals surface area contributed by atoms with Crippen molar-refractivity contribution in [3.05, 3.63) is 35.4 Å². The Morgan fingerprint density at radius 2 is 2.26 bits per heavy atom. The molecule has 0 aromatic heterocycles. The lowest BCUT2D eigenvalue weighted by atomic mass is 9.75. The van der Waals surface area contributed by atoms with Gasteiger partial charge < -0.3 is 15.8 Å². The Kier molecular flexibility index (Phi) is 4.93. The van der Waals surface area contributed by atoms with Crippen molar-refractivity contribution >= 4 is 5.91 Å². The number of hydrogen-bond donors (Lipinski definition) is 2. The summed E-state index contributed by atoms with van der Waals surface area (Å²) >= 11 is 0. The summed E-state index contributed by atoms with van der Waals surface area (Å²) in [5, 5.41) is 3.43. The molecule has 0 unspecified atom stereocenters. The van der Waals surface area contributed by atoms with E-state index < -0.39 is 5.91 Å². The van der Waals surface area contributed by atoms with Crippen LogP contribution < -0.4 is 11.1 Å². The molecule has 0 saturated heterocycles. The number of hydrogen-bond acceptors (Lipinski definition) is 3. The summed E-state index contributed by atoms with van der Waals surface area (Å²) < 4.78 is 5.10. The van der Waals surface area contributed by atoms with Gasteiger partial charge in [-0.2, -0.15) is 0 Å². The van der Waals surface area contributed by atoms with Crippen molar-refractivity contribution in [3.63, 3.8) is 0 Å². The highest BCUT2D eigenvalue weighted by Gasteiger charge is 2.29. The van der Waals surface area contributed by atoms with Crippen LogP contribution in [-0.2, 0) is 9.53 Å². The van der Waals surface area contributed by atoms with E-state index >= 15 is 0 Å². The van der Waals surface area contributed by atoms with Gasteiger partial charge in [-0.3, -0.25) is 4.79 Å². The lowest BCUT2D eigenvalue weighted by Gasteiger charge is -2.36. The molecule has 1 aliphatic carbocycles. The number of aryl methyl sites for hydroxylation is 1. The Morgan fingerprint density at radius 1 is 1.47 bits per heavy atom. The minimum atomic E-state index is -0.414. The molecule has 1 aromatic carbocycles. The number of rotatable bonds is 7. The second kappa shape index (κ2) is 6.68. The SMILES string of the molecule is Cc1cccc(C2CC(NCCOCC(N)=O)C2)c1. The van der Waals surface area contributed by atoms with Gasteiger partial charge in [-0.05, 0) is 31.2 Å². The number of primary amides is 1. The zero-order valence-electron chi connectivity index (χ0n) is 11.4. The molecular formula is C15H22N2O2. The van der Waals surface area contributed by atoms with Crippen LogP contribution in [-0.4, -0.2) is 31.7 Å². The third-order valence-electron chi connectivity index (χ3n) is 3.58. The molecule has 4 heteroatoms. The molecule has 1 saturated carbocycles. The monoisotopic (exact) mass is 262 g/mol. The summed E-state index contributed by atoms with van der Waals surface area (Å²) in [6.07, 6.45) is 2.36. The molecular weight excluding hydrogens is 240 g/mol. The van der Waals surface area contributed by atoms with E-state index in [1.54, 1.807) is 0 Å². The van der Waals surface area contributed by atoms with Crippen LogP contribution in [0.5, 0.6) is 0 Å². The van der Waals surface area contributed by atoms with Crippen molar-refractivity contribution in [2.24, 2.45) is 5.73 Å². The van der Waals surface area contributed by atoms with Crippen molar-refractivity contribution in [1.29, 1.82) is 0 Å². The van der Waals surface area contributed by atoms with Crippen LogP contribution in [0.25, 0.3) is 0 Å². The highest BCUT2D eigenvalue weighted by molar-refractivity contribution is 5.74. The van der Waals surface area contributed by atoms with E-state index in [1.807, 2.05) is 0 Å². The molecule has 1 aliphatic rings. The minimum absolute atomic E-state index is 0.0122. The number of nitrogens with two attached hydrogens (primary N) is 1. The number of benzene rings is 1. The molecule has 0 aliphatic heterocycles. The van der Waals surface area contributed by atoms with E-state index in [9.17, 15) is 4.79 Å². The van der Waals surface area contributed by atoms with E-state index in [4.69, 9.17) is 10.5 Å². The molecule has 0 bridgehead atoms. The van der Waals surface area contributed by atoms with Crippen LogP contribution in [0.1, 0.15) is 29.9 Å². The zero-order valence-corrected chi connectivity index (χ0v) is 11.4. The first kappa shape index (κ1) is 14.0. The predicted octanol–water partition coefficient (Wildman–Crippen LogP) is 1.33. The third-order valence-corrected chi connectivity index (χ3v) is 3.58. The normalized spacial score (nSPS) is 21.9. The quantitative estimate of drug-likeness (QED) is 0.729. The molecule has 3 N–H and O–H groups in total. The molecule has 19 heavy (non-hydrogen) atoms. The van der Waals surface area contributed by atoms with Crippen molar-refractivity contribution in [3.8, 4) is 0 Å². The molecule has 1 amide bonds. The van der Waals surface area contributed by atoms with Gasteiger partial charge in [0.2, 0.25) is 5.91 Å². The maximum absolute atomic E-state index is 10.5. The minimum Gasteiger partial charge on any atom is -0.370 e. The highest BCUT2D eigenvalue weighted by Crippen LogP contribution is 2.36. The lowest BCUT2D eigenvalue weighted by molar-refractivity contribution is -0.122. The van der Waals surface area contributed by atoms with E-state index in [1.165, 1.54) is 24.0 Å². The average Bonchev–Trinajstić information content (AvgIpc) is 2.30. The summed E-state index contributed by atoms with van der Waals surface area (Å²) in [5.74, 6) is 0.270. The van der Waals surface area contributed by atoms with Gasteiger partial charge in [-0.1, -0.05) is 29.8 Å². The number of carbonyl (C=O) groups excluding carboxylic acids is 1. The fourth-order valence-electron chi connectivity index (χ4n) is 2.49. The maximum atomic E-state index is 10.5. The van der Waals surface area contributed by atoms with Gasteiger partial charge in [0.05, 0.1) is 6.61 Å². The topological polar surface area (TPSA) is 64.3 Å². The zero-order chi connectivity index (χ0) is 13.7. The maximum Gasteiger partial charge on any atom is 0.243 e. The summed E-state index contributed by atoms with van der Waals surface area (Å²) in [4.78, 5) is 10.5. The lowest BCUT2D eigenvalue weighted by Crippen LogP contribution is -2.41. The predicted molar refractivity (Wildman–Crippen MR) is 75.0 cm³/mol. The Bertz CT molecular complexity index is 428. The highest BCUT2D eigenvalue weighted by atomic mass is 16.5. The Balaban J connectivity index is 1.60. The van der Waals surface area contributed by atoms with E-state index in [-0.39, 0.29) is 6.61 Å². The first-order chi connectivity index (χ1) is 9.15. The molecule has 2 rings (SSSR count). The molecule has 0 atom stereocenters. The Morgan fingerprint density at radius 3 is 2.95 bits per heavy atom. The van der Waals surface area contributed by atoms with Gasteiger partial charge in [0, 0.05) is 12.6 Å². The average molecular weight is 262 g/mol. The Hall–Kier alpha value is -1.39. The Labute approximate surface area is 114 Å². The molecule has 1 fully saturated rings. The number of amides is 1. The number of nitrogens with one attached hydrogen (secondary N) is 1. The summed E-state index contributed by atoms with van der Waals surface area (Å²) in [6, 6.07) is 9.32. The van der Waals surface area contributed by atoms with Gasteiger partial charge in [0.1, 0.15) is 6.61 Å². The summed E-state index contributed by atoms with van der Waals surface area (Å²) in [5.41, 5.74) is 7.76. The van der Waals surface area contributed by atoms with Crippen molar-refractivity contribution in [2.45, 2.75) is 31.7 Å². The van der Waals surface area contributed by atoms with Crippen LogP contribution in [0, 0.1) is 6.92 Å². The molecule has 0 heterocycles. The van der Waals surface area contributed by atoms with Gasteiger partial charge in [-0.25, -0.2) is 0 Å². The second-order valence-corrected chi connectivity index (χ2v) is 5.25. The molecule has 4 nitrogen and oxygen atoms in total. The van der Waals surface area contributed by atoms with E-state index in [2.05, 4.69) is 36.5 Å². The largest absolute Gasteiger partial charge is 0.370 e. The van der Waals surface area contributed by atoms with Crippen LogP contribution in [0.2, 0.25) is 0 Å². The van der Waals surface area contributed by atoms with E-state index in [0.29, 0.717) is 18.6 Å². The number of carbonyl (C=O) groups is 1. The van der Waals surface area contributed by atoms with Crippen LogP contribution in [0.4, 0.5) is 0 Å². The van der Waals surface area contributed by atoms with Crippen molar-refractivity contribution in [2.75, 3.05) is 19.8 Å². The fraction of sp³-hybridized carbons (Fsp3) is 0.533. The van der Waals surface area contributed by atoms with Gasteiger partial charge in [0.25, 0.3) is 0 Å².